The van der Waals surface area contributed by atoms with Gasteiger partial charge in [-0.25, -0.2) is 0 Å². The number of rotatable bonds is 8. The largest absolute Gasteiger partial charge is 0.493 e. The molecule has 0 atom stereocenters. The third-order valence-corrected chi connectivity index (χ3v) is 2.54. The molecular weight excluding hydrogens is 262 g/mol. The summed E-state index contributed by atoms with van der Waals surface area (Å²) in [5.74, 6) is 0.552. The summed E-state index contributed by atoms with van der Waals surface area (Å²) in [4.78, 5) is 22.4. The monoisotopic (exact) mass is 281 g/mol. The van der Waals surface area contributed by atoms with Gasteiger partial charge in [0.1, 0.15) is 0 Å². The fourth-order valence-electron chi connectivity index (χ4n) is 1.49. The molecule has 0 fully saturated rings. The highest BCUT2D eigenvalue weighted by Crippen LogP contribution is 2.25. The highest BCUT2D eigenvalue weighted by atomic mass is 16.5. The van der Waals surface area contributed by atoms with Crippen molar-refractivity contribution >= 4 is 11.9 Å². The molecule has 0 saturated heterocycles. The third kappa shape index (κ3) is 5.60. The predicted molar refractivity (Wildman–Crippen MR) is 72.7 cm³/mol. The molecule has 0 radical (unpaired) electrons. The van der Waals surface area contributed by atoms with E-state index in [-0.39, 0.29) is 24.9 Å². The minimum Gasteiger partial charge on any atom is -0.493 e. The Kier molecular flexibility index (Phi) is 6.95. The van der Waals surface area contributed by atoms with Crippen LogP contribution in [0.15, 0.2) is 24.3 Å². The fourth-order valence-corrected chi connectivity index (χ4v) is 1.49. The summed E-state index contributed by atoms with van der Waals surface area (Å²) >= 11 is 0. The number of para-hydroxylation sites is 2. The lowest BCUT2D eigenvalue weighted by atomic mass is 10.3. The van der Waals surface area contributed by atoms with E-state index in [2.05, 4.69) is 10.1 Å². The van der Waals surface area contributed by atoms with Crippen molar-refractivity contribution in [1.29, 1.82) is 0 Å². The van der Waals surface area contributed by atoms with E-state index in [4.69, 9.17) is 9.47 Å². The number of carbonyl (C=O) groups is 2. The van der Waals surface area contributed by atoms with Gasteiger partial charge in [0.15, 0.2) is 18.1 Å². The van der Waals surface area contributed by atoms with Gasteiger partial charge in [-0.1, -0.05) is 12.1 Å². The van der Waals surface area contributed by atoms with Crippen LogP contribution in [0.5, 0.6) is 11.5 Å². The minimum absolute atomic E-state index is 0.0986. The summed E-state index contributed by atoms with van der Waals surface area (Å²) < 4.78 is 15.0. The maximum atomic E-state index is 11.5. The molecule has 0 aliphatic rings. The van der Waals surface area contributed by atoms with Crippen LogP contribution in [0.4, 0.5) is 0 Å². The second-order valence-corrected chi connectivity index (χ2v) is 3.97. The zero-order chi connectivity index (χ0) is 14.8. The minimum atomic E-state index is -0.287. The van der Waals surface area contributed by atoms with Crippen LogP contribution in [-0.4, -0.2) is 39.2 Å². The van der Waals surface area contributed by atoms with Crippen LogP contribution >= 0.6 is 0 Å². The molecule has 20 heavy (non-hydrogen) atoms. The van der Waals surface area contributed by atoms with Crippen molar-refractivity contribution in [2.75, 3.05) is 27.4 Å². The first-order chi connectivity index (χ1) is 9.67. The van der Waals surface area contributed by atoms with Crippen LogP contribution in [0.1, 0.15) is 12.8 Å². The van der Waals surface area contributed by atoms with Crippen molar-refractivity contribution in [3.8, 4) is 11.5 Å². The third-order valence-electron chi connectivity index (χ3n) is 2.54. The van der Waals surface area contributed by atoms with Crippen LogP contribution in [0.25, 0.3) is 0 Å². The van der Waals surface area contributed by atoms with E-state index in [1.807, 2.05) is 6.07 Å². The Labute approximate surface area is 118 Å². The molecule has 0 bridgehead atoms. The van der Waals surface area contributed by atoms with Gasteiger partial charge in [-0.2, -0.15) is 0 Å². The Morgan fingerprint density at radius 2 is 1.85 bits per heavy atom. The molecule has 1 N–H and O–H groups in total. The van der Waals surface area contributed by atoms with E-state index in [0.717, 1.165) is 0 Å². The van der Waals surface area contributed by atoms with Crippen molar-refractivity contribution in [1.82, 2.24) is 5.32 Å². The van der Waals surface area contributed by atoms with Gasteiger partial charge in [0, 0.05) is 13.0 Å². The number of esters is 1. The van der Waals surface area contributed by atoms with Crippen LogP contribution in [0, 0.1) is 0 Å². The average molecular weight is 281 g/mol. The summed E-state index contributed by atoms with van der Waals surface area (Å²) in [5.41, 5.74) is 0. The van der Waals surface area contributed by atoms with E-state index in [1.54, 1.807) is 18.2 Å². The zero-order valence-electron chi connectivity index (χ0n) is 11.7. The van der Waals surface area contributed by atoms with Crippen molar-refractivity contribution in [2.24, 2.45) is 0 Å². The molecule has 110 valence electrons. The Morgan fingerprint density at radius 3 is 2.50 bits per heavy atom. The highest BCUT2D eigenvalue weighted by Gasteiger charge is 2.06. The quantitative estimate of drug-likeness (QED) is 0.571. The van der Waals surface area contributed by atoms with Crippen molar-refractivity contribution in [3.05, 3.63) is 24.3 Å². The normalized spacial score (nSPS) is 9.70. The van der Waals surface area contributed by atoms with Gasteiger partial charge in [0.25, 0.3) is 5.91 Å². The first-order valence-corrected chi connectivity index (χ1v) is 6.26. The Bertz CT molecular complexity index is 447. The van der Waals surface area contributed by atoms with Crippen molar-refractivity contribution in [2.45, 2.75) is 12.8 Å². The number of carbonyl (C=O) groups excluding carboxylic acids is 2. The fraction of sp³-hybridized carbons (Fsp3) is 0.429. The van der Waals surface area contributed by atoms with Gasteiger partial charge >= 0.3 is 5.97 Å². The number of ether oxygens (including phenoxy) is 3. The van der Waals surface area contributed by atoms with Gasteiger partial charge in [-0.3, -0.25) is 9.59 Å². The Balaban J connectivity index is 2.24. The first kappa shape index (κ1) is 15.8. The van der Waals surface area contributed by atoms with E-state index >= 15 is 0 Å². The molecule has 1 rings (SSSR count). The van der Waals surface area contributed by atoms with E-state index in [0.29, 0.717) is 24.5 Å². The molecule has 1 aromatic rings. The van der Waals surface area contributed by atoms with Crippen LogP contribution in [-0.2, 0) is 14.3 Å². The molecule has 1 aromatic carbocycles. The summed E-state index contributed by atoms with van der Waals surface area (Å²) in [7, 11) is 2.87. The second-order valence-electron chi connectivity index (χ2n) is 3.97. The second kappa shape index (κ2) is 8.79. The SMILES string of the molecule is COC(=O)CCCNC(=O)COc1ccccc1OC. The van der Waals surface area contributed by atoms with Gasteiger partial charge in [0.05, 0.1) is 14.2 Å². The summed E-state index contributed by atoms with van der Waals surface area (Å²) in [6, 6.07) is 7.09. The number of nitrogens with one attached hydrogen (secondary N) is 1. The van der Waals surface area contributed by atoms with Gasteiger partial charge in [0.2, 0.25) is 0 Å². The summed E-state index contributed by atoms with van der Waals surface area (Å²) in [6.07, 6.45) is 0.817. The average Bonchev–Trinajstić information content (AvgIpc) is 2.49. The predicted octanol–water partition coefficient (Wildman–Crippen LogP) is 1.14. The topological polar surface area (TPSA) is 73.9 Å². The lowest BCUT2D eigenvalue weighted by Crippen LogP contribution is -2.30. The molecule has 0 aliphatic heterocycles. The van der Waals surface area contributed by atoms with Crippen LogP contribution < -0.4 is 14.8 Å². The molecule has 0 aromatic heterocycles. The molecule has 0 heterocycles. The zero-order valence-corrected chi connectivity index (χ0v) is 11.7. The first-order valence-electron chi connectivity index (χ1n) is 6.26. The molecule has 6 heteroatoms. The number of methoxy groups -OCH3 is 2. The Hall–Kier alpha value is -2.24. The lowest BCUT2D eigenvalue weighted by molar-refractivity contribution is -0.140. The van der Waals surface area contributed by atoms with Gasteiger partial charge < -0.3 is 19.5 Å². The lowest BCUT2D eigenvalue weighted by Gasteiger charge is -2.10. The molecule has 0 aliphatic carbocycles. The van der Waals surface area contributed by atoms with Gasteiger partial charge in [-0.05, 0) is 18.6 Å². The van der Waals surface area contributed by atoms with Crippen molar-refractivity contribution in [3.63, 3.8) is 0 Å². The number of hydrogen-bond donors (Lipinski definition) is 1. The Morgan fingerprint density at radius 1 is 1.15 bits per heavy atom. The van der Waals surface area contributed by atoms with E-state index in [9.17, 15) is 9.59 Å². The summed E-state index contributed by atoms with van der Waals surface area (Å²) in [6.45, 7) is 0.307. The number of hydrogen-bond acceptors (Lipinski definition) is 5. The van der Waals surface area contributed by atoms with E-state index < -0.39 is 0 Å². The molecule has 0 saturated carbocycles. The van der Waals surface area contributed by atoms with Gasteiger partial charge in [-0.15, -0.1) is 0 Å². The smallest absolute Gasteiger partial charge is 0.305 e. The number of amides is 1. The maximum absolute atomic E-state index is 11.5. The number of benzene rings is 1. The molecular formula is C14H19NO5. The molecule has 1 amide bonds. The molecule has 6 nitrogen and oxygen atoms in total. The van der Waals surface area contributed by atoms with Crippen LogP contribution in [0.2, 0.25) is 0 Å². The molecule has 0 unspecified atom stereocenters. The summed E-state index contributed by atoms with van der Waals surface area (Å²) in [5, 5.41) is 2.66. The standard InChI is InChI=1S/C14H19NO5/c1-18-11-6-3-4-7-12(11)20-10-13(16)15-9-5-8-14(17)19-2/h3-4,6-7H,5,8-10H2,1-2H3,(H,15,16). The van der Waals surface area contributed by atoms with Crippen LogP contribution in [0.3, 0.4) is 0 Å². The highest BCUT2D eigenvalue weighted by molar-refractivity contribution is 5.77. The van der Waals surface area contributed by atoms with Crippen molar-refractivity contribution < 1.29 is 23.8 Å². The molecule has 0 spiro atoms. The maximum Gasteiger partial charge on any atom is 0.305 e. The van der Waals surface area contributed by atoms with E-state index in [1.165, 1.54) is 14.2 Å².